The second kappa shape index (κ2) is 10.2. The van der Waals surface area contributed by atoms with E-state index in [1.54, 1.807) is 13.1 Å². The number of rotatable bonds is 8. The average Bonchev–Trinajstić information content (AvgIpc) is 2.73. The number of hydrazine groups is 1. The second-order valence-corrected chi connectivity index (χ2v) is 7.54. The number of halogens is 1. The van der Waals surface area contributed by atoms with Gasteiger partial charge in [0.1, 0.15) is 5.82 Å². The lowest BCUT2D eigenvalue weighted by atomic mass is 10.1. The topological polar surface area (TPSA) is 68.8 Å². The van der Waals surface area contributed by atoms with Crippen molar-refractivity contribution in [3.8, 4) is 0 Å². The summed E-state index contributed by atoms with van der Waals surface area (Å²) in [6, 6.07) is 8.30. The smallest absolute Gasteiger partial charge is 0.232 e. The van der Waals surface area contributed by atoms with Crippen LogP contribution in [-0.4, -0.2) is 59.8 Å². The molecule has 30 heavy (non-hydrogen) atoms. The van der Waals surface area contributed by atoms with Crippen LogP contribution in [0.1, 0.15) is 24.6 Å². The Balaban J connectivity index is 1.57. The van der Waals surface area contributed by atoms with E-state index in [0.717, 1.165) is 50.4 Å². The molecule has 1 aliphatic rings. The van der Waals surface area contributed by atoms with Crippen molar-refractivity contribution in [2.45, 2.75) is 26.7 Å². The van der Waals surface area contributed by atoms with Crippen molar-refractivity contribution in [2.75, 3.05) is 43.2 Å². The molecule has 1 aromatic heterocycles. The Hall–Kier alpha value is -3.00. The number of carbonyl (C=O) groups is 2. The molecular weight excluding hydrogens is 385 g/mol. The van der Waals surface area contributed by atoms with E-state index in [0.29, 0.717) is 24.2 Å². The molecule has 7 nitrogen and oxygen atoms in total. The Morgan fingerprint density at radius 1 is 1.23 bits per heavy atom. The van der Waals surface area contributed by atoms with Crippen LogP contribution in [0.5, 0.6) is 0 Å². The number of aryl methyl sites for hydroxylation is 2. The number of hydrogen-bond donors (Lipinski definition) is 1. The summed E-state index contributed by atoms with van der Waals surface area (Å²) in [6.07, 6.45) is 3.82. The van der Waals surface area contributed by atoms with Gasteiger partial charge in [-0.25, -0.2) is 9.40 Å². The zero-order chi connectivity index (χ0) is 21.5. The largest absolute Gasteiger partial charge is 0.340 e. The summed E-state index contributed by atoms with van der Waals surface area (Å²) in [5.74, 6) is -0.259. The molecule has 2 amide bonds. The number of benzene rings is 1. The third kappa shape index (κ3) is 6.00. The van der Waals surface area contributed by atoms with Crippen LogP contribution in [0.25, 0.3) is 0 Å². The number of nitrogens with zero attached hydrogens (tertiary/aromatic N) is 4. The second-order valence-electron chi connectivity index (χ2n) is 7.54. The Kier molecular flexibility index (Phi) is 7.35. The van der Waals surface area contributed by atoms with E-state index in [2.05, 4.69) is 15.3 Å². The highest BCUT2D eigenvalue weighted by Crippen LogP contribution is 2.20. The van der Waals surface area contributed by atoms with Gasteiger partial charge in [0.2, 0.25) is 12.3 Å². The number of aromatic nitrogens is 1. The molecule has 0 bridgehead atoms. The van der Waals surface area contributed by atoms with Crippen molar-refractivity contribution in [1.29, 1.82) is 0 Å². The van der Waals surface area contributed by atoms with Crippen LogP contribution in [0.15, 0.2) is 36.5 Å². The molecule has 0 spiro atoms. The first-order valence-corrected chi connectivity index (χ1v) is 10.2. The first-order valence-electron chi connectivity index (χ1n) is 10.2. The number of piperazine rings is 1. The maximum atomic E-state index is 14.2. The minimum absolute atomic E-state index is 0.122. The predicted octanol–water partition coefficient (Wildman–Crippen LogP) is 2.62. The summed E-state index contributed by atoms with van der Waals surface area (Å²) >= 11 is 0. The number of hydrogen-bond acceptors (Lipinski definition) is 5. The molecule has 0 aliphatic carbocycles. The van der Waals surface area contributed by atoms with Crippen LogP contribution in [-0.2, 0) is 16.0 Å². The zero-order valence-electron chi connectivity index (χ0n) is 17.5. The molecule has 160 valence electrons. The standard InChI is InChI=1S/C22H28FN5O2/c1-17-5-6-21(15-24-17)25-28(16-29)22-13-19(12-20(23)14-22)4-3-7-26-8-10-27(11-9-26)18(2)30/h5-6,12-16,25H,3-4,7-11H2,1-2H3. The predicted molar refractivity (Wildman–Crippen MR) is 115 cm³/mol. The van der Waals surface area contributed by atoms with Crippen molar-refractivity contribution in [1.82, 2.24) is 14.8 Å². The van der Waals surface area contributed by atoms with Gasteiger partial charge >= 0.3 is 0 Å². The van der Waals surface area contributed by atoms with Gasteiger partial charge in [-0.3, -0.25) is 24.9 Å². The van der Waals surface area contributed by atoms with E-state index < -0.39 is 0 Å². The van der Waals surface area contributed by atoms with Gasteiger partial charge < -0.3 is 4.90 Å². The van der Waals surface area contributed by atoms with Crippen molar-refractivity contribution in [2.24, 2.45) is 0 Å². The van der Waals surface area contributed by atoms with Crippen LogP contribution in [0.4, 0.5) is 15.8 Å². The van der Waals surface area contributed by atoms with Crippen LogP contribution in [0, 0.1) is 12.7 Å². The molecule has 1 fully saturated rings. The fraction of sp³-hybridized carbons (Fsp3) is 0.409. The van der Waals surface area contributed by atoms with Gasteiger partial charge in [-0.1, -0.05) is 0 Å². The fourth-order valence-electron chi connectivity index (χ4n) is 3.53. The number of pyridine rings is 1. The lowest BCUT2D eigenvalue weighted by Crippen LogP contribution is -2.48. The molecule has 0 radical (unpaired) electrons. The molecule has 8 heteroatoms. The van der Waals surface area contributed by atoms with Gasteiger partial charge in [-0.2, -0.15) is 0 Å². The monoisotopic (exact) mass is 413 g/mol. The molecule has 1 N–H and O–H groups in total. The van der Waals surface area contributed by atoms with E-state index in [-0.39, 0.29) is 11.7 Å². The third-order valence-electron chi connectivity index (χ3n) is 5.24. The molecule has 1 saturated heterocycles. The first-order chi connectivity index (χ1) is 14.4. The molecule has 0 unspecified atom stereocenters. The van der Waals surface area contributed by atoms with Crippen molar-refractivity contribution >= 4 is 23.7 Å². The normalized spacial score (nSPS) is 14.4. The fourth-order valence-corrected chi connectivity index (χ4v) is 3.53. The summed E-state index contributed by atoms with van der Waals surface area (Å²) < 4.78 is 14.2. The Morgan fingerprint density at radius 3 is 2.63 bits per heavy atom. The number of anilines is 2. The highest BCUT2D eigenvalue weighted by atomic mass is 19.1. The highest BCUT2D eigenvalue weighted by Gasteiger charge is 2.18. The quantitative estimate of drug-likeness (QED) is 0.532. The van der Waals surface area contributed by atoms with Crippen LogP contribution in [0.2, 0.25) is 0 Å². The summed E-state index contributed by atoms with van der Waals surface area (Å²) in [7, 11) is 0. The SMILES string of the molecule is CC(=O)N1CCN(CCCc2cc(F)cc(N(C=O)Nc3ccc(C)nc3)c2)CC1. The summed E-state index contributed by atoms with van der Waals surface area (Å²) in [5.41, 5.74) is 5.73. The summed E-state index contributed by atoms with van der Waals surface area (Å²) in [4.78, 5) is 31.4. The minimum Gasteiger partial charge on any atom is -0.340 e. The summed E-state index contributed by atoms with van der Waals surface area (Å²) in [6.45, 7) is 7.61. The van der Waals surface area contributed by atoms with Crippen LogP contribution >= 0.6 is 0 Å². The third-order valence-corrected chi connectivity index (χ3v) is 5.24. The number of nitrogens with one attached hydrogen (secondary N) is 1. The highest BCUT2D eigenvalue weighted by molar-refractivity contribution is 5.78. The van der Waals surface area contributed by atoms with Crippen LogP contribution in [0.3, 0.4) is 0 Å². The Bertz CT molecular complexity index is 866. The molecule has 1 aromatic carbocycles. The van der Waals surface area contributed by atoms with Gasteiger partial charge in [0, 0.05) is 38.8 Å². The van der Waals surface area contributed by atoms with Crippen molar-refractivity contribution in [3.63, 3.8) is 0 Å². The Labute approximate surface area is 176 Å². The lowest BCUT2D eigenvalue weighted by Gasteiger charge is -2.34. The van der Waals surface area contributed by atoms with E-state index in [9.17, 15) is 14.0 Å². The number of carbonyl (C=O) groups excluding carboxylic acids is 2. The summed E-state index contributed by atoms with van der Waals surface area (Å²) in [5, 5.41) is 1.25. The minimum atomic E-state index is -0.381. The van der Waals surface area contributed by atoms with Crippen LogP contribution < -0.4 is 10.4 Å². The van der Waals surface area contributed by atoms with Gasteiger partial charge in [0.15, 0.2) is 0 Å². The van der Waals surface area contributed by atoms with Gasteiger partial charge in [0.05, 0.1) is 17.6 Å². The maximum absolute atomic E-state index is 14.2. The van der Waals surface area contributed by atoms with E-state index >= 15 is 0 Å². The Morgan fingerprint density at radius 2 is 2.00 bits per heavy atom. The van der Waals surface area contributed by atoms with Crippen molar-refractivity contribution in [3.05, 3.63) is 53.6 Å². The van der Waals surface area contributed by atoms with E-state index in [4.69, 9.17) is 0 Å². The molecular formula is C22H28FN5O2. The molecule has 1 aliphatic heterocycles. The number of amides is 2. The molecule has 0 saturated carbocycles. The van der Waals surface area contributed by atoms with Gasteiger partial charge in [0.25, 0.3) is 0 Å². The van der Waals surface area contributed by atoms with E-state index in [1.807, 2.05) is 30.0 Å². The molecule has 2 heterocycles. The molecule has 2 aromatic rings. The van der Waals surface area contributed by atoms with Crippen molar-refractivity contribution < 1.29 is 14.0 Å². The first kappa shape index (κ1) is 21.7. The molecule has 3 rings (SSSR count). The van der Waals surface area contributed by atoms with Gasteiger partial charge in [-0.05, 0) is 62.2 Å². The zero-order valence-corrected chi connectivity index (χ0v) is 17.5. The van der Waals surface area contributed by atoms with Gasteiger partial charge in [-0.15, -0.1) is 0 Å². The van der Waals surface area contributed by atoms with E-state index in [1.165, 1.54) is 17.1 Å². The molecule has 0 atom stereocenters. The average molecular weight is 413 g/mol. The maximum Gasteiger partial charge on any atom is 0.232 e. The lowest BCUT2D eigenvalue weighted by molar-refractivity contribution is -0.130.